The van der Waals surface area contributed by atoms with E-state index in [2.05, 4.69) is 6.92 Å². The van der Waals surface area contributed by atoms with Gasteiger partial charge in [0.15, 0.2) is 5.78 Å². The van der Waals surface area contributed by atoms with Crippen molar-refractivity contribution in [2.75, 3.05) is 6.61 Å². The van der Waals surface area contributed by atoms with Gasteiger partial charge in [-0.2, -0.15) is 0 Å². The number of carbonyl (C=O) groups is 1. The minimum Gasteiger partial charge on any atom is -0.494 e. The number of hydrogen-bond donors (Lipinski definition) is 0. The summed E-state index contributed by atoms with van der Waals surface area (Å²) in [6.07, 6.45) is 1.42. The Morgan fingerprint density at radius 2 is 1.68 bits per heavy atom. The van der Waals surface area contributed by atoms with Gasteiger partial charge in [0.05, 0.1) is 6.61 Å². The van der Waals surface area contributed by atoms with E-state index in [9.17, 15) is 4.79 Å². The minimum atomic E-state index is 0.142. The highest BCUT2D eigenvalue weighted by atomic mass is 16.5. The predicted molar refractivity (Wildman–Crippen MR) is 76.7 cm³/mol. The van der Waals surface area contributed by atoms with E-state index in [4.69, 9.17) is 4.74 Å². The van der Waals surface area contributed by atoms with E-state index >= 15 is 0 Å². The third kappa shape index (κ3) is 3.95. The molecule has 19 heavy (non-hydrogen) atoms. The van der Waals surface area contributed by atoms with Crippen molar-refractivity contribution in [2.45, 2.75) is 19.8 Å². The van der Waals surface area contributed by atoms with Gasteiger partial charge in [0, 0.05) is 12.0 Å². The van der Waals surface area contributed by atoms with Crippen LogP contribution in [0.2, 0.25) is 0 Å². The normalized spacial score (nSPS) is 10.2. The molecule has 0 bridgehead atoms. The van der Waals surface area contributed by atoms with Crippen molar-refractivity contribution in [2.24, 2.45) is 0 Å². The topological polar surface area (TPSA) is 26.3 Å². The molecule has 0 amide bonds. The zero-order chi connectivity index (χ0) is 13.5. The number of benzene rings is 2. The lowest BCUT2D eigenvalue weighted by molar-refractivity contribution is 0.0993. The summed E-state index contributed by atoms with van der Waals surface area (Å²) in [6.45, 7) is 2.80. The molecule has 2 nitrogen and oxygen atoms in total. The first-order chi connectivity index (χ1) is 9.29. The Kier molecular flexibility index (Phi) is 4.73. The molecule has 98 valence electrons. The minimum absolute atomic E-state index is 0.142. The van der Waals surface area contributed by atoms with Crippen molar-refractivity contribution in [1.29, 1.82) is 0 Å². The van der Waals surface area contributed by atoms with E-state index < -0.39 is 0 Å². The SMILES string of the molecule is CCCOc1ccc(CC(=O)c2ccccc2)cc1. The van der Waals surface area contributed by atoms with E-state index in [1.54, 1.807) is 0 Å². The average Bonchev–Trinajstić information content (AvgIpc) is 2.47. The molecule has 2 heteroatoms. The highest BCUT2D eigenvalue weighted by Crippen LogP contribution is 2.14. The van der Waals surface area contributed by atoms with Crippen molar-refractivity contribution >= 4 is 5.78 Å². The molecule has 0 aliphatic carbocycles. The summed E-state index contributed by atoms with van der Waals surface area (Å²) in [6, 6.07) is 17.1. The number of rotatable bonds is 6. The van der Waals surface area contributed by atoms with Crippen LogP contribution in [0.4, 0.5) is 0 Å². The van der Waals surface area contributed by atoms with Gasteiger partial charge in [0.1, 0.15) is 5.75 Å². The first kappa shape index (κ1) is 13.3. The molecule has 2 rings (SSSR count). The summed E-state index contributed by atoms with van der Waals surface area (Å²) in [4.78, 5) is 12.0. The van der Waals surface area contributed by atoms with Crippen molar-refractivity contribution in [1.82, 2.24) is 0 Å². The van der Waals surface area contributed by atoms with E-state index in [1.807, 2.05) is 54.6 Å². The first-order valence-corrected chi connectivity index (χ1v) is 6.59. The molecule has 0 heterocycles. The van der Waals surface area contributed by atoms with Gasteiger partial charge < -0.3 is 4.74 Å². The Hall–Kier alpha value is -2.09. The number of hydrogen-bond acceptors (Lipinski definition) is 2. The molecule has 0 fully saturated rings. The molecule has 0 N–H and O–H groups in total. The molecule has 0 radical (unpaired) electrons. The summed E-state index contributed by atoms with van der Waals surface area (Å²) >= 11 is 0. The lowest BCUT2D eigenvalue weighted by Gasteiger charge is -2.06. The summed E-state index contributed by atoms with van der Waals surface area (Å²) in [5.74, 6) is 1.00. The van der Waals surface area contributed by atoms with Gasteiger partial charge in [-0.25, -0.2) is 0 Å². The molecule has 0 unspecified atom stereocenters. The van der Waals surface area contributed by atoms with Crippen LogP contribution in [0.5, 0.6) is 5.75 Å². The largest absolute Gasteiger partial charge is 0.494 e. The maximum absolute atomic E-state index is 12.0. The molecule has 0 saturated carbocycles. The third-order valence-electron chi connectivity index (χ3n) is 2.86. The van der Waals surface area contributed by atoms with Crippen molar-refractivity contribution in [3.05, 3.63) is 65.7 Å². The molecule has 0 aromatic heterocycles. The molecule has 0 saturated heterocycles. The zero-order valence-corrected chi connectivity index (χ0v) is 11.1. The predicted octanol–water partition coefficient (Wildman–Crippen LogP) is 3.90. The maximum atomic E-state index is 12.0. The van der Waals surface area contributed by atoms with Crippen LogP contribution in [0.15, 0.2) is 54.6 Å². The molecular weight excluding hydrogens is 236 g/mol. The highest BCUT2D eigenvalue weighted by molar-refractivity contribution is 5.97. The summed E-state index contributed by atoms with van der Waals surface area (Å²) < 4.78 is 5.51. The van der Waals surface area contributed by atoms with Gasteiger partial charge in [-0.05, 0) is 24.1 Å². The Morgan fingerprint density at radius 1 is 1.00 bits per heavy atom. The monoisotopic (exact) mass is 254 g/mol. The van der Waals surface area contributed by atoms with E-state index in [0.29, 0.717) is 6.42 Å². The fourth-order valence-electron chi connectivity index (χ4n) is 1.83. The van der Waals surface area contributed by atoms with Gasteiger partial charge in [-0.15, -0.1) is 0 Å². The van der Waals surface area contributed by atoms with Crippen molar-refractivity contribution < 1.29 is 9.53 Å². The van der Waals surface area contributed by atoms with Crippen molar-refractivity contribution in [3.8, 4) is 5.75 Å². The molecular formula is C17H18O2. The second kappa shape index (κ2) is 6.74. The molecule has 2 aromatic carbocycles. The van der Waals surface area contributed by atoms with Gasteiger partial charge >= 0.3 is 0 Å². The van der Waals surface area contributed by atoms with Crippen LogP contribution in [-0.2, 0) is 6.42 Å². The molecule has 2 aromatic rings. The highest BCUT2D eigenvalue weighted by Gasteiger charge is 2.06. The van der Waals surface area contributed by atoms with Crippen LogP contribution in [0.25, 0.3) is 0 Å². The quantitative estimate of drug-likeness (QED) is 0.731. The number of carbonyl (C=O) groups excluding carboxylic acids is 1. The fourth-order valence-corrected chi connectivity index (χ4v) is 1.83. The van der Waals surface area contributed by atoms with Crippen LogP contribution >= 0.6 is 0 Å². The zero-order valence-electron chi connectivity index (χ0n) is 11.1. The van der Waals surface area contributed by atoms with Crippen LogP contribution < -0.4 is 4.74 Å². The summed E-state index contributed by atoms with van der Waals surface area (Å²) in [5, 5.41) is 0. The first-order valence-electron chi connectivity index (χ1n) is 6.59. The van der Waals surface area contributed by atoms with E-state index in [-0.39, 0.29) is 5.78 Å². The standard InChI is InChI=1S/C17H18O2/c1-2-12-19-16-10-8-14(9-11-16)13-17(18)15-6-4-3-5-7-15/h3-11H,2,12-13H2,1H3. The van der Waals surface area contributed by atoms with Gasteiger partial charge in [-0.3, -0.25) is 4.79 Å². The molecule has 0 atom stereocenters. The van der Waals surface area contributed by atoms with Gasteiger partial charge in [0.25, 0.3) is 0 Å². The number of ketones is 1. The lowest BCUT2D eigenvalue weighted by Crippen LogP contribution is -2.03. The van der Waals surface area contributed by atoms with Crippen molar-refractivity contribution in [3.63, 3.8) is 0 Å². The number of Topliss-reactive ketones (excluding diaryl/α,β-unsaturated/α-hetero) is 1. The molecule has 0 spiro atoms. The Morgan fingerprint density at radius 3 is 2.32 bits per heavy atom. The van der Waals surface area contributed by atoms with Crippen LogP contribution in [0.1, 0.15) is 29.3 Å². The summed E-state index contributed by atoms with van der Waals surface area (Å²) in [7, 11) is 0. The Bertz CT molecular complexity index is 515. The second-order valence-corrected chi connectivity index (χ2v) is 4.46. The number of ether oxygens (including phenoxy) is 1. The smallest absolute Gasteiger partial charge is 0.167 e. The van der Waals surface area contributed by atoms with E-state index in [1.165, 1.54) is 0 Å². The average molecular weight is 254 g/mol. The third-order valence-corrected chi connectivity index (χ3v) is 2.86. The van der Waals surface area contributed by atoms with E-state index in [0.717, 1.165) is 29.9 Å². The Balaban J connectivity index is 1.98. The second-order valence-electron chi connectivity index (χ2n) is 4.46. The summed E-state index contributed by atoms with van der Waals surface area (Å²) in [5.41, 5.74) is 1.77. The van der Waals surface area contributed by atoms with Crippen LogP contribution in [0, 0.1) is 0 Å². The fraction of sp³-hybridized carbons (Fsp3) is 0.235. The van der Waals surface area contributed by atoms with Crippen LogP contribution in [0.3, 0.4) is 0 Å². The molecule has 0 aliphatic rings. The van der Waals surface area contributed by atoms with Crippen LogP contribution in [-0.4, -0.2) is 12.4 Å². The van der Waals surface area contributed by atoms with Gasteiger partial charge in [-0.1, -0.05) is 49.4 Å². The maximum Gasteiger partial charge on any atom is 0.167 e. The lowest BCUT2D eigenvalue weighted by atomic mass is 10.0. The van der Waals surface area contributed by atoms with Gasteiger partial charge in [0.2, 0.25) is 0 Å². The molecule has 0 aliphatic heterocycles. The Labute approximate surface area is 114 Å².